The Bertz CT molecular complexity index is 509. The standard InChI is InChI=1S/C14H18Cl2N2O3/c1-3-18(7-6-14(20)21-2)9-13(19)17-12-8-10(15)4-5-11(12)16/h4-5,8H,3,6-7,9H2,1-2H3,(H,17,19). The number of nitrogens with zero attached hydrogens (tertiary/aromatic N) is 1. The molecule has 0 radical (unpaired) electrons. The Morgan fingerprint density at radius 2 is 2.05 bits per heavy atom. The van der Waals surface area contributed by atoms with E-state index in [1.807, 2.05) is 11.8 Å². The van der Waals surface area contributed by atoms with E-state index in [4.69, 9.17) is 23.2 Å². The van der Waals surface area contributed by atoms with Crippen LogP contribution in [0.15, 0.2) is 18.2 Å². The van der Waals surface area contributed by atoms with Crippen LogP contribution >= 0.6 is 23.2 Å². The first-order valence-electron chi connectivity index (χ1n) is 6.50. The number of carbonyl (C=O) groups is 2. The molecule has 116 valence electrons. The summed E-state index contributed by atoms with van der Waals surface area (Å²) in [5, 5.41) is 3.62. The van der Waals surface area contributed by atoms with E-state index >= 15 is 0 Å². The van der Waals surface area contributed by atoms with Crippen molar-refractivity contribution in [2.45, 2.75) is 13.3 Å². The van der Waals surface area contributed by atoms with E-state index in [0.29, 0.717) is 28.8 Å². The number of rotatable bonds is 7. The van der Waals surface area contributed by atoms with Gasteiger partial charge in [-0.05, 0) is 24.7 Å². The van der Waals surface area contributed by atoms with E-state index in [0.717, 1.165) is 0 Å². The predicted octanol–water partition coefficient (Wildman–Crippen LogP) is 2.82. The molecule has 1 rings (SSSR count). The molecule has 5 nitrogen and oxygen atoms in total. The number of nitrogens with one attached hydrogen (secondary N) is 1. The highest BCUT2D eigenvalue weighted by atomic mass is 35.5. The number of carbonyl (C=O) groups excluding carboxylic acids is 2. The van der Waals surface area contributed by atoms with Crippen molar-refractivity contribution in [3.05, 3.63) is 28.2 Å². The topological polar surface area (TPSA) is 58.6 Å². The van der Waals surface area contributed by atoms with Crippen LogP contribution < -0.4 is 5.32 Å². The molecule has 0 saturated carbocycles. The lowest BCUT2D eigenvalue weighted by Gasteiger charge is -2.19. The molecule has 0 aromatic heterocycles. The van der Waals surface area contributed by atoms with Crippen molar-refractivity contribution in [3.63, 3.8) is 0 Å². The van der Waals surface area contributed by atoms with Gasteiger partial charge in [-0.25, -0.2) is 0 Å². The van der Waals surface area contributed by atoms with Crippen molar-refractivity contribution in [2.24, 2.45) is 0 Å². The number of halogens is 2. The highest BCUT2D eigenvalue weighted by Gasteiger charge is 2.12. The third kappa shape index (κ3) is 6.33. The van der Waals surface area contributed by atoms with Crippen LogP contribution in [-0.4, -0.2) is 43.5 Å². The fraction of sp³-hybridized carbons (Fsp3) is 0.429. The molecule has 0 heterocycles. The van der Waals surface area contributed by atoms with E-state index in [1.54, 1.807) is 18.2 Å². The summed E-state index contributed by atoms with van der Waals surface area (Å²) in [6, 6.07) is 4.86. The first-order valence-corrected chi connectivity index (χ1v) is 7.26. The van der Waals surface area contributed by atoms with Crippen molar-refractivity contribution < 1.29 is 14.3 Å². The Labute approximate surface area is 134 Å². The van der Waals surface area contributed by atoms with Gasteiger partial charge in [0, 0.05) is 11.6 Å². The Balaban J connectivity index is 2.54. The Morgan fingerprint density at radius 1 is 1.33 bits per heavy atom. The van der Waals surface area contributed by atoms with Crippen molar-refractivity contribution in [2.75, 3.05) is 32.1 Å². The summed E-state index contributed by atoms with van der Waals surface area (Å²) < 4.78 is 4.58. The monoisotopic (exact) mass is 332 g/mol. The summed E-state index contributed by atoms with van der Waals surface area (Å²) in [6.07, 6.45) is 0.246. The SMILES string of the molecule is CCN(CCC(=O)OC)CC(=O)Nc1cc(Cl)ccc1Cl. The first kappa shape index (κ1) is 17.8. The Morgan fingerprint density at radius 3 is 2.67 bits per heavy atom. The molecule has 0 fully saturated rings. The van der Waals surface area contributed by atoms with E-state index in [-0.39, 0.29) is 24.8 Å². The van der Waals surface area contributed by atoms with Crippen LogP contribution in [-0.2, 0) is 14.3 Å². The zero-order valence-corrected chi connectivity index (χ0v) is 13.5. The molecule has 7 heteroatoms. The second kappa shape index (κ2) is 8.87. The molecule has 1 N–H and O–H groups in total. The number of esters is 1. The van der Waals surface area contributed by atoms with Crippen LogP contribution in [0.5, 0.6) is 0 Å². The van der Waals surface area contributed by atoms with Crippen LogP contribution in [0.3, 0.4) is 0 Å². The molecular weight excluding hydrogens is 315 g/mol. The molecule has 1 aromatic carbocycles. The maximum atomic E-state index is 12.0. The molecule has 0 aliphatic rings. The van der Waals surface area contributed by atoms with Gasteiger partial charge in [0.2, 0.25) is 5.91 Å². The maximum absolute atomic E-state index is 12.0. The van der Waals surface area contributed by atoms with Gasteiger partial charge in [-0.15, -0.1) is 0 Å². The van der Waals surface area contributed by atoms with Gasteiger partial charge >= 0.3 is 5.97 Å². The number of hydrogen-bond donors (Lipinski definition) is 1. The molecule has 1 amide bonds. The molecule has 0 spiro atoms. The van der Waals surface area contributed by atoms with Gasteiger partial charge in [0.05, 0.1) is 30.8 Å². The van der Waals surface area contributed by atoms with Gasteiger partial charge in [0.25, 0.3) is 0 Å². The average Bonchev–Trinajstić information content (AvgIpc) is 2.46. The summed E-state index contributed by atoms with van der Waals surface area (Å²) in [5.41, 5.74) is 0.471. The molecule has 0 bridgehead atoms. The summed E-state index contributed by atoms with van der Waals surface area (Å²) in [6.45, 7) is 3.18. The van der Waals surface area contributed by atoms with Crippen molar-refractivity contribution in [1.29, 1.82) is 0 Å². The van der Waals surface area contributed by atoms with E-state index < -0.39 is 0 Å². The number of ether oxygens (including phenoxy) is 1. The quantitative estimate of drug-likeness (QED) is 0.780. The third-order valence-electron chi connectivity index (χ3n) is 2.88. The van der Waals surface area contributed by atoms with Gasteiger partial charge in [0.1, 0.15) is 0 Å². The molecule has 0 atom stereocenters. The molecular formula is C14H18Cl2N2O3. The van der Waals surface area contributed by atoms with Crippen LogP contribution in [0.25, 0.3) is 0 Å². The fourth-order valence-electron chi connectivity index (χ4n) is 1.69. The minimum Gasteiger partial charge on any atom is -0.469 e. The van der Waals surface area contributed by atoms with Crippen molar-refractivity contribution in [3.8, 4) is 0 Å². The number of hydrogen-bond acceptors (Lipinski definition) is 4. The van der Waals surface area contributed by atoms with Gasteiger partial charge in [-0.2, -0.15) is 0 Å². The number of benzene rings is 1. The normalized spacial score (nSPS) is 10.5. The minimum absolute atomic E-state index is 0.163. The number of anilines is 1. The molecule has 0 aliphatic heterocycles. The number of amides is 1. The summed E-state index contributed by atoms with van der Waals surface area (Å²) >= 11 is 11.8. The van der Waals surface area contributed by atoms with Crippen molar-refractivity contribution in [1.82, 2.24) is 4.90 Å². The van der Waals surface area contributed by atoms with Crippen molar-refractivity contribution >= 4 is 40.8 Å². The Kier molecular flexibility index (Phi) is 7.50. The van der Waals surface area contributed by atoms with Crippen LogP contribution in [0.4, 0.5) is 5.69 Å². The van der Waals surface area contributed by atoms with Gasteiger partial charge < -0.3 is 10.1 Å². The fourth-order valence-corrected chi connectivity index (χ4v) is 2.02. The Hall–Kier alpha value is -1.30. The van der Waals surface area contributed by atoms with E-state index in [9.17, 15) is 9.59 Å². The van der Waals surface area contributed by atoms with Crippen LogP contribution in [0.2, 0.25) is 10.0 Å². The highest BCUT2D eigenvalue weighted by molar-refractivity contribution is 6.35. The molecule has 0 unspecified atom stereocenters. The lowest BCUT2D eigenvalue weighted by Crippen LogP contribution is -2.34. The zero-order chi connectivity index (χ0) is 15.8. The lowest BCUT2D eigenvalue weighted by molar-refractivity contribution is -0.141. The van der Waals surface area contributed by atoms with Gasteiger partial charge in [0.15, 0.2) is 0 Å². The second-order valence-corrected chi connectivity index (χ2v) is 5.21. The van der Waals surface area contributed by atoms with Crippen LogP contribution in [0.1, 0.15) is 13.3 Å². The third-order valence-corrected chi connectivity index (χ3v) is 3.44. The molecule has 0 saturated heterocycles. The summed E-state index contributed by atoms with van der Waals surface area (Å²) in [5.74, 6) is -0.516. The van der Waals surface area contributed by atoms with Gasteiger partial charge in [-0.3, -0.25) is 14.5 Å². The summed E-state index contributed by atoms with van der Waals surface area (Å²) in [4.78, 5) is 24.9. The minimum atomic E-state index is -0.299. The number of methoxy groups -OCH3 is 1. The zero-order valence-electron chi connectivity index (χ0n) is 12.0. The molecule has 21 heavy (non-hydrogen) atoms. The van der Waals surface area contributed by atoms with E-state index in [2.05, 4.69) is 10.1 Å². The maximum Gasteiger partial charge on any atom is 0.306 e. The highest BCUT2D eigenvalue weighted by Crippen LogP contribution is 2.25. The molecule has 1 aromatic rings. The second-order valence-electron chi connectivity index (χ2n) is 4.37. The lowest BCUT2D eigenvalue weighted by atomic mass is 10.3. The predicted molar refractivity (Wildman–Crippen MR) is 83.8 cm³/mol. The number of likely N-dealkylation sites (N-methyl/N-ethyl adjacent to an activating group) is 1. The summed E-state index contributed by atoms with van der Waals surface area (Å²) in [7, 11) is 1.34. The van der Waals surface area contributed by atoms with Gasteiger partial charge in [-0.1, -0.05) is 30.1 Å². The largest absolute Gasteiger partial charge is 0.469 e. The first-order chi connectivity index (χ1) is 9.96. The smallest absolute Gasteiger partial charge is 0.306 e. The van der Waals surface area contributed by atoms with E-state index in [1.165, 1.54) is 7.11 Å². The van der Waals surface area contributed by atoms with Crippen LogP contribution in [0, 0.1) is 0 Å². The molecule has 0 aliphatic carbocycles. The average molecular weight is 333 g/mol.